The minimum absolute atomic E-state index is 0.667. The Balaban J connectivity index is 2.72. The molecule has 1 atom stereocenters. The van der Waals surface area contributed by atoms with Gasteiger partial charge in [-0.25, -0.2) is 0 Å². The number of rotatable bonds is 6. The van der Waals surface area contributed by atoms with Gasteiger partial charge in [0.15, 0.2) is 0 Å². The van der Waals surface area contributed by atoms with Crippen molar-refractivity contribution in [2.75, 3.05) is 19.0 Å². The van der Waals surface area contributed by atoms with E-state index in [4.69, 9.17) is 16.3 Å². The number of benzene rings is 1. The van der Waals surface area contributed by atoms with Crippen molar-refractivity contribution >= 4 is 17.3 Å². The predicted molar refractivity (Wildman–Crippen MR) is 75.3 cm³/mol. The minimum Gasteiger partial charge on any atom is -0.495 e. The van der Waals surface area contributed by atoms with Gasteiger partial charge in [0.2, 0.25) is 0 Å². The maximum Gasteiger partial charge on any atom is 0.143 e. The van der Waals surface area contributed by atoms with Gasteiger partial charge < -0.3 is 10.1 Å². The monoisotopic (exact) mass is 255 g/mol. The highest BCUT2D eigenvalue weighted by Gasteiger charge is 2.08. The summed E-state index contributed by atoms with van der Waals surface area (Å²) in [7, 11) is 1.67. The maximum atomic E-state index is 6.07. The van der Waals surface area contributed by atoms with E-state index in [9.17, 15) is 0 Å². The average molecular weight is 256 g/mol. The van der Waals surface area contributed by atoms with Crippen molar-refractivity contribution in [2.45, 2.75) is 33.6 Å². The van der Waals surface area contributed by atoms with Crippen LogP contribution in [0.25, 0.3) is 0 Å². The Bertz CT molecular complexity index is 365. The summed E-state index contributed by atoms with van der Waals surface area (Å²) in [6.07, 6.45) is 2.46. The van der Waals surface area contributed by atoms with Gasteiger partial charge in [0.05, 0.1) is 12.8 Å². The SMILES string of the molecule is CCCC(C)CNc1cc(C)c(Cl)cc1OC. The normalized spacial score (nSPS) is 12.3. The van der Waals surface area contributed by atoms with Crippen molar-refractivity contribution in [1.29, 1.82) is 0 Å². The van der Waals surface area contributed by atoms with Gasteiger partial charge in [-0.15, -0.1) is 0 Å². The Kier molecular flexibility index (Phi) is 5.63. The second-order valence-electron chi connectivity index (χ2n) is 4.58. The first-order chi connectivity index (χ1) is 8.08. The number of aryl methyl sites for hydroxylation is 1. The summed E-state index contributed by atoms with van der Waals surface area (Å²) in [5.74, 6) is 1.48. The predicted octanol–water partition coefficient (Wildman–Crippen LogP) is 4.51. The first-order valence-corrected chi connectivity index (χ1v) is 6.54. The zero-order valence-electron chi connectivity index (χ0n) is 11.1. The van der Waals surface area contributed by atoms with E-state index in [1.54, 1.807) is 7.11 Å². The van der Waals surface area contributed by atoms with E-state index in [-0.39, 0.29) is 0 Å². The lowest BCUT2D eigenvalue weighted by Crippen LogP contribution is -2.11. The second kappa shape index (κ2) is 6.75. The summed E-state index contributed by atoms with van der Waals surface area (Å²) in [5.41, 5.74) is 2.09. The van der Waals surface area contributed by atoms with Crippen LogP contribution < -0.4 is 10.1 Å². The van der Waals surface area contributed by atoms with Crippen LogP contribution >= 0.6 is 11.6 Å². The number of anilines is 1. The quantitative estimate of drug-likeness (QED) is 0.808. The van der Waals surface area contributed by atoms with E-state index in [0.717, 1.165) is 28.6 Å². The number of halogens is 1. The van der Waals surface area contributed by atoms with Gasteiger partial charge in [0, 0.05) is 17.6 Å². The molecular weight excluding hydrogens is 234 g/mol. The van der Waals surface area contributed by atoms with Crippen molar-refractivity contribution in [3.05, 3.63) is 22.7 Å². The van der Waals surface area contributed by atoms with Crippen LogP contribution in [0.4, 0.5) is 5.69 Å². The Labute approximate surface area is 109 Å². The third kappa shape index (κ3) is 4.12. The molecule has 0 aromatic heterocycles. The van der Waals surface area contributed by atoms with Crippen molar-refractivity contribution in [3.8, 4) is 5.75 Å². The molecule has 1 N–H and O–H groups in total. The average Bonchev–Trinajstić information content (AvgIpc) is 2.30. The van der Waals surface area contributed by atoms with E-state index >= 15 is 0 Å². The molecule has 0 amide bonds. The summed E-state index contributed by atoms with van der Waals surface area (Å²) in [6.45, 7) is 7.43. The van der Waals surface area contributed by atoms with Crippen molar-refractivity contribution in [1.82, 2.24) is 0 Å². The van der Waals surface area contributed by atoms with Crippen LogP contribution in [0.15, 0.2) is 12.1 Å². The fraction of sp³-hybridized carbons (Fsp3) is 0.571. The van der Waals surface area contributed by atoms with E-state index < -0.39 is 0 Å². The van der Waals surface area contributed by atoms with Crippen LogP contribution in [0.1, 0.15) is 32.3 Å². The minimum atomic E-state index is 0.667. The molecule has 1 aromatic carbocycles. The van der Waals surface area contributed by atoms with Gasteiger partial charge in [-0.05, 0) is 30.9 Å². The number of hydrogen-bond acceptors (Lipinski definition) is 2. The third-order valence-corrected chi connectivity index (χ3v) is 3.31. The van der Waals surface area contributed by atoms with E-state index in [1.807, 2.05) is 19.1 Å². The number of ether oxygens (including phenoxy) is 1. The molecule has 0 aliphatic rings. The smallest absolute Gasteiger partial charge is 0.143 e. The lowest BCUT2D eigenvalue weighted by atomic mass is 10.1. The Morgan fingerprint density at radius 1 is 1.41 bits per heavy atom. The molecule has 0 spiro atoms. The molecule has 2 nitrogen and oxygen atoms in total. The lowest BCUT2D eigenvalue weighted by molar-refractivity contribution is 0.416. The van der Waals surface area contributed by atoms with Crippen LogP contribution in [0.5, 0.6) is 5.75 Å². The molecule has 17 heavy (non-hydrogen) atoms. The topological polar surface area (TPSA) is 21.3 Å². The zero-order valence-corrected chi connectivity index (χ0v) is 11.9. The molecule has 0 bridgehead atoms. The highest BCUT2D eigenvalue weighted by Crippen LogP contribution is 2.31. The highest BCUT2D eigenvalue weighted by molar-refractivity contribution is 6.31. The third-order valence-electron chi connectivity index (χ3n) is 2.90. The fourth-order valence-corrected chi connectivity index (χ4v) is 2.00. The van der Waals surface area contributed by atoms with Crippen LogP contribution in [-0.4, -0.2) is 13.7 Å². The highest BCUT2D eigenvalue weighted by atomic mass is 35.5. The van der Waals surface area contributed by atoms with Gasteiger partial charge in [0.1, 0.15) is 5.75 Å². The molecule has 0 radical (unpaired) electrons. The number of hydrogen-bond donors (Lipinski definition) is 1. The van der Waals surface area contributed by atoms with Crippen molar-refractivity contribution in [2.24, 2.45) is 5.92 Å². The van der Waals surface area contributed by atoms with Crippen LogP contribution in [-0.2, 0) is 0 Å². The molecule has 0 fully saturated rings. The molecule has 1 aromatic rings. The van der Waals surface area contributed by atoms with Gasteiger partial charge in [-0.2, -0.15) is 0 Å². The summed E-state index contributed by atoms with van der Waals surface area (Å²) in [6, 6.07) is 3.91. The van der Waals surface area contributed by atoms with Crippen LogP contribution in [0.2, 0.25) is 5.02 Å². The Hall–Kier alpha value is -0.890. The maximum absolute atomic E-state index is 6.07. The molecule has 1 unspecified atom stereocenters. The first-order valence-electron chi connectivity index (χ1n) is 6.16. The molecule has 0 aliphatic heterocycles. The Morgan fingerprint density at radius 2 is 2.12 bits per heavy atom. The lowest BCUT2D eigenvalue weighted by Gasteiger charge is -2.16. The summed E-state index contributed by atoms with van der Waals surface area (Å²) < 4.78 is 5.33. The Morgan fingerprint density at radius 3 is 2.71 bits per heavy atom. The van der Waals surface area contributed by atoms with Crippen molar-refractivity contribution < 1.29 is 4.74 Å². The molecule has 1 rings (SSSR count). The summed E-state index contributed by atoms with van der Waals surface area (Å²) >= 11 is 6.07. The molecular formula is C14H22ClNO. The summed E-state index contributed by atoms with van der Waals surface area (Å²) in [4.78, 5) is 0. The van der Waals surface area contributed by atoms with Gasteiger partial charge >= 0.3 is 0 Å². The van der Waals surface area contributed by atoms with Gasteiger partial charge in [-0.3, -0.25) is 0 Å². The van der Waals surface area contributed by atoms with Gasteiger partial charge in [-0.1, -0.05) is 31.9 Å². The van der Waals surface area contributed by atoms with Crippen LogP contribution in [0.3, 0.4) is 0 Å². The fourth-order valence-electron chi connectivity index (χ4n) is 1.85. The number of methoxy groups -OCH3 is 1. The largest absolute Gasteiger partial charge is 0.495 e. The summed E-state index contributed by atoms with van der Waals surface area (Å²) in [5, 5.41) is 4.18. The molecule has 96 valence electrons. The zero-order chi connectivity index (χ0) is 12.8. The molecule has 0 heterocycles. The second-order valence-corrected chi connectivity index (χ2v) is 4.98. The van der Waals surface area contributed by atoms with E-state index in [1.165, 1.54) is 12.8 Å². The van der Waals surface area contributed by atoms with Crippen LogP contribution in [0, 0.1) is 12.8 Å². The molecule has 3 heteroatoms. The van der Waals surface area contributed by atoms with E-state index in [2.05, 4.69) is 19.2 Å². The molecule has 0 aliphatic carbocycles. The molecule has 0 saturated heterocycles. The first kappa shape index (κ1) is 14.2. The van der Waals surface area contributed by atoms with Gasteiger partial charge in [0.25, 0.3) is 0 Å². The number of nitrogens with one attached hydrogen (secondary N) is 1. The molecule has 0 saturated carbocycles. The standard InChI is InChI=1S/C14H22ClNO/c1-5-6-10(2)9-16-13-7-11(3)12(15)8-14(13)17-4/h7-8,10,16H,5-6,9H2,1-4H3. The van der Waals surface area contributed by atoms with E-state index in [0.29, 0.717) is 5.92 Å². The van der Waals surface area contributed by atoms with Crippen molar-refractivity contribution in [3.63, 3.8) is 0 Å².